The van der Waals surface area contributed by atoms with Crippen molar-refractivity contribution in [3.8, 4) is 0 Å². The highest BCUT2D eigenvalue weighted by Gasteiger charge is 2.13. The Kier molecular flexibility index (Phi) is 2.03. The molecule has 5 heteroatoms. The van der Waals surface area contributed by atoms with Gasteiger partial charge in [-0.3, -0.25) is 0 Å². The van der Waals surface area contributed by atoms with Crippen molar-refractivity contribution in [2.24, 2.45) is 0 Å². The second-order valence-electron chi connectivity index (χ2n) is 3.25. The Labute approximate surface area is 83.5 Å². The van der Waals surface area contributed by atoms with E-state index in [4.69, 9.17) is 5.73 Å². The molecule has 0 radical (unpaired) electrons. The molecular weight excluding hydrogens is 205 g/mol. The molecule has 0 aliphatic carbocycles. The van der Waals surface area contributed by atoms with Crippen LogP contribution in [0.4, 0.5) is 18.9 Å². The number of benzene rings is 1. The van der Waals surface area contributed by atoms with E-state index in [2.05, 4.69) is 4.98 Å². The minimum absolute atomic E-state index is 0.0211. The Morgan fingerprint density at radius 3 is 2.47 bits per heavy atom. The van der Waals surface area contributed by atoms with Gasteiger partial charge in [0.25, 0.3) is 0 Å². The van der Waals surface area contributed by atoms with Crippen LogP contribution in [0.5, 0.6) is 0 Å². The van der Waals surface area contributed by atoms with Crippen molar-refractivity contribution in [2.45, 2.75) is 6.92 Å². The maximum Gasteiger partial charge on any atom is 0.216 e. The van der Waals surface area contributed by atoms with E-state index in [1.54, 1.807) is 0 Å². The molecular formula is C10H7F3N2. The van der Waals surface area contributed by atoms with E-state index in [0.717, 1.165) is 0 Å². The summed E-state index contributed by atoms with van der Waals surface area (Å²) in [6.07, 6.45) is 0. The molecule has 2 nitrogen and oxygen atoms in total. The molecule has 0 bridgehead atoms. The molecule has 2 N–H and O–H groups in total. The molecule has 0 unspecified atom stereocenters. The summed E-state index contributed by atoms with van der Waals surface area (Å²) < 4.78 is 39.4. The smallest absolute Gasteiger partial charge is 0.216 e. The lowest BCUT2D eigenvalue weighted by molar-refractivity contribution is 0.574. The van der Waals surface area contributed by atoms with Gasteiger partial charge in [0.1, 0.15) is 11.3 Å². The molecule has 0 amide bonds. The standard InChI is InChI=1S/C10H7F3N2/c1-4-2-5-6(11)3-7(12)8(14)9(5)15-10(4)13/h2-3H,14H2,1H3. The number of rotatable bonds is 0. The predicted molar refractivity (Wildman–Crippen MR) is 50.8 cm³/mol. The lowest BCUT2D eigenvalue weighted by Crippen LogP contribution is -1.99. The number of nitrogens with zero attached hydrogens (tertiary/aromatic N) is 1. The quantitative estimate of drug-likeness (QED) is 0.538. The number of halogens is 3. The summed E-state index contributed by atoms with van der Waals surface area (Å²) in [5, 5.41) is 0.0211. The molecule has 1 aromatic carbocycles. The summed E-state index contributed by atoms with van der Waals surface area (Å²) in [6.45, 7) is 1.45. The van der Waals surface area contributed by atoms with Gasteiger partial charge in [0.15, 0.2) is 5.82 Å². The van der Waals surface area contributed by atoms with E-state index < -0.39 is 17.6 Å². The van der Waals surface area contributed by atoms with E-state index in [9.17, 15) is 13.2 Å². The van der Waals surface area contributed by atoms with Gasteiger partial charge in [-0.2, -0.15) is 4.39 Å². The number of nitrogen functional groups attached to an aromatic ring is 1. The van der Waals surface area contributed by atoms with Crippen LogP contribution in [0, 0.1) is 24.5 Å². The molecule has 78 valence electrons. The van der Waals surface area contributed by atoms with Crippen LogP contribution in [0.2, 0.25) is 0 Å². The highest BCUT2D eigenvalue weighted by molar-refractivity contribution is 5.90. The second-order valence-corrected chi connectivity index (χ2v) is 3.25. The topological polar surface area (TPSA) is 38.9 Å². The van der Waals surface area contributed by atoms with Crippen molar-refractivity contribution in [3.05, 3.63) is 35.3 Å². The average Bonchev–Trinajstić information content (AvgIpc) is 2.18. The maximum absolute atomic E-state index is 13.3. The summed E-state index contributed by atoms with van der Waals surface area (Å²) in [5.41, 5.74) is 5.00. The van der Waals surface area contributed by atoms with Crippen LogP contribution >= 0.6 is 0 Å². The number of aromatic nitrogens is 1. The molecule has 2 rings (SSSR count). The molecule has 15 heavy (non-hydrogen) atoms. The van der Waals surface area contributed by atoms with Crippen LogP contribution in [0.1, 0.15) is 5.56 Å². The molecule has 1 heterocycles. The van der Waals surface area contributed by atoms with Crippen LogP contribution in [0.3, 0.4) is 0 Å². The van der Waals surface area contributed by atoms with Gasteiger partial charge in [-0.15, -0.1) is 0 Å². The molecule has 0 spiro atoms. The minimum atomic E-state index is -0.934. The van der Waals surface area contributed by atoms with Crippen LogP contribution in [0.25, 0.3) is 10.9 Å². The monoisotopic (exact) mass is 212 g/mol. The number of pyridine rings is 1. The first-order chi connectivity index (χ1) is 7.00. The maximum atomic E-state index is 13.3. The van der Waals surface area contributed by atoms with E-state index >= 15 is 0 Å². The van der Waals surface area contributed by atoms with Gasteiger partial charge in [0.05, 0.1) is 5.69 Å². The first-order valence-corrected chi connectivity index (χ1v) is 4.21. The first-order valence-electron chi connectivity index (χ1n) is 4.21. The van der Waals surface area contributed by atoms with Crippen molar-refractivity contribution >= 4 is 16.6 Å². The Morgan fingerprint density at radius 2 is 1.80 bits per heavy atom. The third kappa shape index (κ3) is 1.40. The van der Waals surface area contributed by atoms with Gasteiger partial charge < -0.3 is 5.73 Å². The van der Waals surface area contributed by atoms with Crippen molar-refractivity contribution in [1.29, 1.82) is 0 Å². The van der Waals surface area contributed by atoms with Gasteiger partial charge in [-0.25, -0.2) is 13.8 Å². The fraction of sp³-hybridized carbons (Fsp3) is 0.100. The van der Waals surface area contributed by atoms with Gasteiger partial charge in [-0.05, 0) is 13.0 Å². The molecule has 0 aliphatic rings. The molecule has 0 saturated heterocycles. The fourth-order valence-corrected chi connectivity index (χ4v) is 1.36. The molecule has 0 atom stereocenters. The van der Waals surface area contributed by atoms with Crippen LogP contribution in [-0.2, 0) is 0 Å². The van der Waals surface area contributed by atoms with Gasteiger partial charge in [0, 0.05) is 17.0 Å². The summed E-state index contributed by atoms with van der Waals surface area (Å²) in [5.74, 6) is -2.51. The lowest BCUT2D eigenvalue weighted by Gasteiger charge is -2.05. The number of nitrogens with two attached hydrogens (primary N) is 1. The van der Waals surface area contributed by atoms with E-state index in [1.165, 1.54) is 13.0 Å². The van der Waals surface area contributed by atoms with Gasteiger partial charge in [-0.1, -0.05) is 0 Å². The van der Waals surface area contributed by atoms with E-state index in [-0.39, 0.29) is 22.2 Å². The van der Waals surface area contributed by atoms with Crippen LogP contribution in [-0.4, -0.2) is 4.98 Å². The second kappa shape index (κ2) is 3.12. The largest absolute Gasteiger partial charge is 0.395 e. The number of aryl methyl sites for hydroxylation is 1. The summed E-state index contributed by atoms with van der Waals surface area (Å²) in [4.78, 5) is 3.42. The van der Waals surface area contributed by atoms with Crippen molar-refractivity contribution in [2.75, 3.05) is 5.73 Å². The molecule has 2 aromatic rings. The highest BCUT2D eigenvalue weighted by atomic mass is 19.1. The Morgan fingerprint density at radius 1 is 1.13 bits per heavy atom. The average molecular weight is 212 g/mol. The number of hydrogen-bond donors (Lipinski definition) is 1. The summed E-state index contributed by atoms with van der Waals surface area (Å²) in [7, 11) is 0. The normalized spacial score (nSPS) is 10.9. The number of hydrogen-bond acceptors (Lipinski definition) is 2. The molecule has 0 fully saturated rings. The highest BCUT2D eigenvalue weighted by Crippen LogP contribution is 2.26. The third-order valence-electron chi connectivity index (χ3n) is 2.17. The van der Waals surface area contributed by atoms with Crippen molar-refractivity contribution in [3.63, 3.8) is 0 Å². The van der Waals surface area contributed by atoms with Gasteiger partial charge >= 0.3 is 0 Å². The summed E-state index contributed by atoms with van der Waals surface area (Å²) in [6, 6.07) is 1.92. The van der Waals surface area contributed by atoms with E-state index in [0.29, 0.717) is 6.07 Å². The Balaban J connectivity index is 2.97. The molecule has 0 saturated carbocycles. The lowest BCUT2D eigenvalue weighted by atomic mass is 10.1. The first kappa shape index (κ1) is 9.76. The Bertz CT molecular complexity index is 552. The zero-order chi connectivity index (χ0) is 11.2. The molecule has 0 aliphatic heterocycles. The van der Waals surface area contributed by atoms with Crippen molar-refractivity contribution in [1.82, 2.24) is 4.98 Å². The fourth-order valence-electron chi connectivity index (χ4n) is 1.36. The summed E-state index contributed by atoms with van der Waals surface area (Å²) >= 11 is 0. The molecule has 1 aromatic heterocycles. The van der Waals surface area contributed by atoms with Crippen molar-refractivity contribution < 1.29 is 13.2 Å². The van der Waals surface area contributed by atoms with E-state index in [1.807, 2.05) is 0 Å². The predicted octanol–water partition coefficient (Wildman–Crippen LogP) is 2.54. The van der Waals surface area contributed by atoms with Crippen LogP contribution < -0.4 is 5.73 Å². The number of fused-ring (bicyclic) bond motifs is 1. The minimum Gasteiger partial charge on any atom is -0.395 e. The Hall–Kier alpha value is -1.78. The zero-order valence-electron chi connectivity index (χ0n) is 7.81. The third-order valence-corrected chi connectivity index (χ3v) is 2.17. The van der Waals surface area contributed by atoms with Crippen LogP contribution in [0.15, 0.2) is 12.1 Å². The SMILES string of the molecule is Cc1cc2c(F)cc(F)c(N)c2nc1F. The van der Waals surface area contributed by atoms with Gasteiger partial charge in [0.2, 0.25) is 5.95 Å². The number of anilines is 1. The zero-order valence-corrected chi connectivity index (χ0v) is 7.81.